The quantitative estimate of drug-likeness (QED) is 0.576. The van der Waals surface area contributed by atoms with Crippen LogP contribution in [0.4, 0.5) is 0 Å². The number of aryl methyl sites for hydroxylation is 1. The van der Waals surface area contributed by atoms with Crippen LogP contribution in [0.2, 0.25) is 5.02 Å². The fourth-order valence-electron chi connectivity index (χ4n) is 2.24. The van der Waals surface area contributed by atoms with E-state index in [1.807, 2.05) is 18.2 Å². The number of benzene rings is 2. The zero-order valence-corrected chi connectivity index (χ0v) is 12.2. The van der Waals surface area contributed by atoms with Crippen LogP contribution in [0.15, 0.2) is 53.0 Å². The Morgan fingerprint density at radius 2 is 1.83 bits per heavy atom. The van der Waals surface area contributed by atoms with Gasteiger partial charge in [-0.05, 0) is 24.3 Å². The Labute approximate surface area is 119 Å². The first kappa shape index (κ1) is 11.8. The van der Waals surface area contributed by atoms with E-state index >= 15 is 0 Å². The Morgan fingerprint density at radius 3 is 2.56 bits per heavy atom. The Kier molecular flexibility index (Phi) is 2.92. The fourth-order valence-corrected chi connectivity index (χ4v) is 3.13. The maximum atomic E-state index is 5.99. The molecule has 3 rings (SSSR count). The van der Waals surface area contributed by atoms with E-state index in [4.69, 9.17) is 11.6 Å². The number of nitrogens with zero attached hydrogens (tertiary/aromatic N) is 1. The molecule has 0 N–H and O–H groups in total. The van der Waals surface area contributed by atoms with Gasteiger partial charge in [0, 0.05) is 38.7 Å². The van der Waals surface area contributed by atoms with E-state index in [-0.39, 0.29) is 0 Å². The highest BCUT2D eigenvalue weighted by molar-refractivity contribution is 9.10. The number of rotatable bonds is 1. The third-order valence-corrected chi connectivity index (χ3v) is 4.05. The second kappa shape index (κ2) is 4.45. The lowest BCUT2D eigenvalue weighted by Crippen LogP contribution is -1.91. The van der Waals surface area contributed by atoms with E-state index in [9.17, 15) is 0 Å². The highest BCUT2D eigenvalue weighted by Gasteiger charge is 2.10. The number of para-hydroxylation sites is 1. The van der Waals surface area contributed by atoms with Gasteiger partial charge in [0.1, 0.15) is 0 Å². The summed E-state index contributed by atoms with van der Waals surface area (Å²) >= 11 is 9.56. The Morgan fingerprint density at radius 1 is 1.06 bits per heavy atom. The molecule has 0 spiro atoms. The molecule has 2 aromatic carbocycles. The molecule has 0 saturated heterocycles. The van der Waals surface area contributed by atoms with Gasteiger partial charge in [-0.1, -0.05) is 51.8 Å². The van der Waals surface area contributed by atoms with Crippen LogP contribution in [-0.2, 0) is 7.05 Å². The van der Waals surface area contributed by atoms with Gasteiger partial charge in [0.05, 0.1) is 0 Å². The van der Waals surface area contributed by atoms with Crippen LogP contribution >= 0.6 is 27.5 Å². The molecule has 0 aliphatic rings. The molecule has 0 atom stereocenters. The van der Waals surface area contributed by atoms with Gasteiger partial charge in [-0.15, -0.1) is 0 Å². The van der Waals surface area contributed by atoms with E-state index in [1.54, 1.807) is 0 Å². The molecule has 1 nitrogen and oxygen atoms in total. The van der Waals surface area contributed by atoms with Crippen molar-refractivity contribution in [2.75, 3.05) is 0 Å². The molecule has 0 unspecified atom stereocenters. The van der Waals surface area contributed by atoms with Crippen LogP contribution in [0.3, 0.4) is 0 Å². The zero-order valence-electron chi connectivity index (χ0n) is 9.82. The topological polar surface area (TPSA) is 4.93 Å². The molecule has 3 heteroatoms. The largest absolute Gasteiger partial charge is 0.344 e. The van der Waals surface area contributed by atoms with Gasteiger partial charge < -0.3 is 4.57 Å². The summed E-state index contributed by atoms with van der Waals surface area (Å²) in [5, 5.41) is 1.99. The third-order valence-electron chi connectivity index (χ3n) is 3.16. The van der Waals surface area contributed by atoms with Gasteiger partial charge in [-0.2, -0.15) is 0 Å². The van der Waals surface area contributed by atoms with Crippen molar-refractivity contribution in [2.24, 2.45) is 7.05 Å². The minimum absolute atomic E-state index is 0.740. The summed E-state index contributed by atoms with van der Waals surface area (Å²) in [7, 11) is 2.08. The van der Waals surface area contributed by atoms with Crippen molar-refractivity contribution in [1.29, 1.82) is 0 Å². The van der Waals surface area contributed by atoms with Crippen molar-refractivity contribution in [3.8, 4) is 11.3 Å². The van der Waals surface area contributed by atoms with E-state index in [0.29, 0.717) is 0 Å². The number of hydrogen-bond donors (Lipinski definition) is 0. The standard InChI is InChI=1S/C15H11BrClN/c1-18-14-5-3-2-4-10(14)8-15(18)12-7-6-11(17)9-13(12)16/h2-9H,1H3. The molecule has 0 fully saturated rings. The molecule has 0 bridgehead atoms. The highest BCUT2D eigenvalue weighted by atomic mass is 79.9. The van der Waals surface area contributed by atoms with E-state index < -0.39 is 0 Å². The minimum Gasteiger partial charge on any atom is -0.344 e. The van der Waals surface area contributed by atoms with Crippen LogP contribution in [0.25, 0.3) is 22.2 Å². The van der Waals surface area contributed by atoms with Crippen molar-refractivity contribution in [2.45, 2.75) is 0 Å². The second-order valence-electron chi connectivity index (χ2n) is 4.27. The molecular weight excluding hydrogens is 310 g/mol. The van der Waals surface area contributed by atoms with Crippen LogP contribution in [0, 0.1) is 0 Å². The number of halogens is 2. The van der Waals surface area contributed by atoms with Crippen molar-refractivity contribution in [3.05, 3.63) is 58.0 Å². The van der Waals surface area contributed by atoms with Gasteiger partial charge in [-0.25, -0.2) is 0 Å². The summed E-state index contributed by atoms with van der Waals surface area (Å²) in [4.78, 5) is 0. The molecule has 0 amide bonds. The van der Waals surface area contributed by atoms with Gasteiger partial charge in [0.15, 0.2) is 0 Å². The zero-order chi connectivity index (χ0) is 12.7. The lowest BCUT2D eigenvalue weighted by molar-refractivity contribution is 0.977. The lowest BCUT2D eigenvalue weighted by Gasteiger charge is -2.07. The van der Waals surface area contributed by atoms with E-state index in [1.165, 1.54) is 16.6 Å². The van der Waals surface area contributed by atoms with Gasteiger partial charge >= 0.3 is 0 Å². The van der Waals surface area contributed by atoms with Crippen molar-refractivity contribution < 1.29 is 0 Å². The molecule has 18 heavy (non-hydrogen) atoms. The Bertz CT molecular complexity index is 730. The molecule has 1 heterocycles. The summed E-state index contributed by atoms with van der Waals surface area (Å²) in [6.45, 7) is 0. The number of fused-ring (bicyclic) bond motifs is 1. The van der Waals surface area contributed by atoms with Crippen LogP contribution in [-0.4, -0.2) is 4.57 Å². The first-order chi connectivity index (χ1) is 8.66. The Hall–Kier alpha value is -1.25. The maximum absolute atomic E-state index is 5.99. The summed E-state index contributed by atoms with van der Waals surface area (Å²) < 4.78 is 3.21. The monoisotopic (exact) mass is 319 g/mol. The Balaban J connectivity index is 2.28. The summed E-state index contributed by atoms with van der Waals surface area (Å²) in [6, 6.07) is 16.5. The highest BCUT2D eigenvalue weighted by Crippen LogP contribution is 2.33. The van der Waals surface area contributed by atoms with Crippen molar-refractivity contribution in [3.63, 3.8) is 0 Å². The smallest absolute Gasteiger partial charge is 0.0500 e. The molecule has 90 valence electrons. The van der Waals surface area contributed by atoms with E-state index in [0.717, 1.165) is 15.1 Å². The van der Waals surface area contributed by atoms with Gasteiger partial charge in [-0.3, -0.25) is 0 Å². The SMILES string of the molecule is Cn1c(-c2ccc(Cl)cc2Br)cc2ccccc21. The molecule has 3 aromatic rings. The summed E-state index contributed by atoms with van der Waals surface area (Å²) in [6.07, 6.45) is 0. The van der Waals surface area contributed by atoms with Crippen molar-refractivity contribution in [1.82, 2.24) is 4.57 Å². The molecule has 1 aromatic heterocycles. The molecule has 0 saturated carbocycles. The molecular formula is C15H11BrClN. The molecule has 0 aliphatic heterocycles. The first-order valence-corrected chi connectivity index (χ1v) is 6.84. The second-order valence-corrected chi connectivity index (χ2v) is 5.56. The molecule has 0 radical (unpaired) electrons. The van der Waals surface area contributed by atoms with Crippen LogP contribution in [0.1, 0.15) is 0 Å². The van der Waals surface area contributed by atoms with Crippen LogP contribution in [0.5, 0.6) is 0 Å². The number of hydrogen-bond acceptors (Lipinski definition) is 0. The van der Waals surface area contributed by atoms with Crippen LogP contribution < -0.4 is 0 Å². The number of aromatic nitrogens is 1. The molecule has 0 aliphatic carbocycles. The lowest BCUT2D eigenvalue weighted by atomic mass is 10.1. The predicted octanol–water partition coefficient (Wildman–Crippen LogP) is 5.26. The summed E-state index contributed by atoms with van der Waals surface area (Å²) in [5.41, 5.74) is 3.56. The average Bonchev–Trinajstić information content (AvgIpc) is 2.68. The fraction of sp³-hybridized carbons (Fsp3) is 0.0667. The van der Waals surface area contributed by atoms with Gasteiger partial charge in [0.25, 0.3) is 0 Å². The third kappa shape index (κ3) is 1.86. The first-order valence-electron chi connectivity index (χ1n) is 5.67. The minimum atomic E-state index is 0.740. The van der Waals surface area contributed by atoms with E-state index in [2.05, 4.69) is 57.9 Å². The van der Waals surface area contributed by atoms with Gasteiger partial charge in [0.2, 0.25) is 0 Å². The maximum Gasteiger partial charge on any atom is 0.0500 e. The average molecular weight is 321 g/mol. The van der Waals surface area contributed by atoms with Crippen molar-refractivity contribution >= 4 is 38.4 Å². The predicted molar refractivity (Wildman–Crippen MR) is 81.1 cm³/mol. The normalized spacial score (nSPS) is 11.1. The summed E-state index contributed by atoms with van der Waals surface area (Å²) in [5.74, 6) is 0.